The second kappa shape index (κ2) is 14.3. The van der Waals surface area contributed by atoms with Gasteiger partial charge in [0.05, 0.1) is 5.69 Å². The van der Waals surface area contributed by atoms with Crippen LogP contribution in [0.5, 0.6) is 0 Å². The van der Waals surface area contributed by atoms with Crippen LogP contribution in [0.15, 0.2) is 18.2 Å². The van der Waals surface area contributed by atoms with Crippen molar-refractivity contribution in [2.24, 2.45) is 5.92 Å². The van der Waals surface area contributed by atoms with Crippen LogP contribution < -0.4 is 16.0 Å². The number of likely N-dealkylation sites (N-methyl/N-ethyl adjacent to an activating group) is 1. The van der Waals surface area contributed by atoms with Gasteiger partial charge in [0.2, 0.25) is 17.7 Å². The Bertz CT molecular complexity index is 1130. The average Bonchev–Trinajstić information content (AvgIpc) is 2.93. The highest BCUT2D eigenvalue weighted by molar-refractivity contribution is 6.00. The summed E-state index contributed by atoms with van der Waals surface area (Å²) in [5.74, 6) is -1.78. The van der Waals surface area contributed by atoms with Gasteiger partial charge in [0, 0.05) is 39.0 Å². The van der Waals surface area contributed by atoms with Crippen molar-refractivity contribution in [2.75, 3.05) is 38.5 Å². The Hall–Kier alpha value is -3.21. The maximum absolute atomic E-state index is 15.4. The lowest BCUT2D eigenvalue weighted by molar-refractivity contribution is -0.137. The van der Waals surface area contributed by atoms with E-state index >= 15 is 4.39 Å². The van der Waals surface area contributed by atoms with Crippen molar-refractivity contribution in [3.05, 3.63) is 29.6 Å². The molecule has 0 radical (unpaired) electrons. The number of carbonyl (C=O) groups is 4. The predicted molar refractivity (Wildman–Crippen MR) is 159 cm³/mol. The zero-order chi connectivity index (χ0) is 31.1. The number of nitrogens with zero attached hydrogens (tertiary/aromatic N) is 2. The third-order valence-electron chi connectivity index (χ3n) is 8.14. The van der Waals surface area contributed by atoms with Gasteiger partial charge < -0.3 is 30.5 Å². The Morgan fingerprint density at radius 3 is 2.24 bits per heavy atom. The molecule has 1 aromatic rings. The maximum atomic E-state index is 15.4. The van der Waals surface area contributed by atoms with Gasteiger partial charge in [-0.3, -0.25) is 14.4 Å². The van der Waals surface area contributed by atoms with E-state index in [1.54, 1.807) is 45.6 Å². The molecule has 234 valence electrons. The van der Waals surface area contributed by atoms with Crippen molar-refractivity contribution in [3.63, 3.8) is 0 Å². The molecule has 0 bridgehead atoms. The number of ether oxygens (including phenoxy) is 1. The van der Waals surface area contributed by atoms with Crippen LogP contribution in [0.2, 0.25) is 0 Å². The standard InChI is InChI=1S/C31H48FN5O5/c1-7-26(38)33-25(27(39)37-17-15-36(6)16-18-37)20-21-13-14-24(23(32)19-21)34-28(40)31(5,22-11-9-8-10-12-22)35-29(41)42-30(2,3)4/h13-14,19,22,25H,7-12,15-18,20H2,1-6H3,(H,33,38)(H,34,40)(H,35,41)/t25-,31-/m1/s1. The lowest BCUT2D eigenvalue weighted by Gasteiger charge is -2.39. The number of alkyl carbamates (subject to hydrolysis) is 1. The van der Waals surface area contributed by atoms with Gasteiger partial charge in [-0.2, -0.15) is 0 Å². The number of hydrogen-bond acceptors (Lipinski definition) is 6. The van der Waals surface area contributed by atoms with Crippen LogP contribution in [0.4, 0.5) is 14.9 Å². The molecule has 11 heteroatoms. The van der Waals surface area contributed by atoms with Gasteiger partial charge >= 0.3 is 6.09 Å². The fourth-order valence-electron chi connectivity index (χ4n) is 5.56. The van der Waals surface area contributed by atoms with Crippen LogP contribution in [0.25, 0.3) is 0 Å². The Balaban J connectivity index is 1.77. The third kappa shape index (κ3) is 9.14. The number of hydrogen-bond donors (Lipinski definition) is 3. The summed E-state index contributed by atoms with van der Waals surface area (Å²) in [6, 6.07) is 3.54. The molecule has 1 aliphatic heterocycles. The summed E-state index contributed by atoms with van der Waals surface area (Å²) in [5, 5.41) is 8.26. The number of carbonyl (C=O) groups excluding carboxylic acids is 4. The minimum Gasteiger partial charge on any atom is -0.444 e. The first-order valence-electron chi connectivity index (χ1n) is 15.1. The molecule has 3 rings (SSSR count). The predicted octanol–water partition coefficient (Wildman–Crippen LogP) is 3.84. The molecule has 3 N–H and O–H groups in total. The van der Waals surface area contributed by atoms with Crippen molar-refractivity contribution in [1.29, 1.82) is 0 Å². The van der Waals surface area contributed by atoms with Gasteiger partial charge in [-0.1, -0.05) is 32.3 Å². The van der Waals surface area contributed by atoms with Crippen molar-refractivity contribution >= 4 is 29.5 Å². The summed E-state index contributed by atoms with van der Waals surface area (Å²) in [6.07, 6.45) is 4.09. The van der Waals surface area contributed by atoms with Crippen LogP contribution in [-0.2, 0) is 25.5 Å². The first-order valence-corrected chi connectivity index (χ1v) is 15.1. The number of rotatable bonds is 9. The lowest BCUT2D eigenvalue weighted by atomic mass is 9.75. The topological polar surface area (TPSA) is 120 Å². The molecule has 2 atom stereocenters. The minimum absolute atomic E-state index is 0.0312. The van der Waals surface area contributed by atoms with E-state index in [1.807, 2.05) is 7.05 Å². The first kappa shape index (κ1) is 33.3. The van der Waals surface area contributed by atoms with Crippen molar-refractivity contribution < 1.29 is 28.3 Å². The Morgan fingerprint density at radius 2 is 1.67 bits per heavy atom. The van der Waals surface area contributed by atoms with Crippen molar-refractivity contribution in [2.45, 2.75) is 96.7 Å². The number of piperazine rings is 1. The van der Waals surface area contributed by atoms with Gasteiger partial charge in [-0.25, -0.2) is 9.18 Å². The summed E-state index contributed by atoms with van der Waals surface area (Å²) >= 11 is 0. The van der Waals surface area contributed by atoms with E-state index in [9.17, 15) is 19.2 Å². The highest BCUT2D eigenvalue weighted by atomic mass is 19.1. The third-order valence-corrected chi connectivity index (χ3v) is 8.14. The highest BCUT2D eigenvalue weighted by Gasteiger charge is 2.44. The number of anilines is 1. The highest BCUT2D eigenvalue weighted by Crippen LogP contribution is 2.34. The molecule has 1 saturated carbocycles. The number of amides is 4. The Morgan fingerprint density at radius 1 is 1.02 bits per heavy atom. The van der Waals surface area contributed by atoms with E-state index in [0.717, 1.165) is 45.2 Å². The minimum atomic E-state index is -1.31. The lowest BCUT2D eigenvalue weighted by Crippen LogP contribution is -2.60. The maximum Gasteiger partial charge on any atom is 0.408 e. The smallest absolute Gasteiger partial charge is 0.408 e. The monoisotopic (exact) mass is 589 g/mol. The quantitative estimate of drug-likeness (QED) is 0.403. The van der Waals surface area contributed by atoms with E-state index in [1.165, 1.54) is 12.1 Å². The van der Waals surface area contributed by atoms with E-state index in [0.29, 0.717) is 18.7 Å². The number of nitrogens with one attached hydrogen (secondary N) is 3. The van der Waals surface area contributed by atoms with Crippen LogP contribution in [-0.4, -0.2) is 84.0 Å². The Kier molecular flexibility index (Phi) is 11.3. The summed E-state index contributed by atoms with van der Waals surface area (Å²) in [5.41, 5.74) is -1.57. The van der Waals surface area contributed by atoms with E-state index in [-0.39, 0.29) is 36.3 Å². The molecule has 0 spiro atoms. The molecule has 0 unspecified atom stereocenters. The zero-order valence-corrected chi connectivity index (χ0v) is 26.0. The van der Waals surface area contributed by atoms with Gasteiger partial charge in [-0.15, -0.1) is 0 Å². The summed E-state index contributed by atoms with van der Waals surface area (Å²) in [7, 11) is 1.99. The van der Waals surface area contributed by atoms with Crippen LogP contribution in [0.3, 0.4) is 0 Å². The molecular formula is C31H48FN5O5. The van der Waals surface area contributed by atoms with Crippen molar-refractivity contribution in [1.82, 2.24) is 20.4 Å². The molecule has 4 amide bonds. The van der Waals surface area contributed by atoms with Crippen LogP contribution >= 0.6 is 0 Å². The first-order chi connectivity index (χ1) is 19.7. The second-order valence-corrected chi connectivity index (χ2v) is 12.7. The van der Waals surface area contributed by atoms with Crippen LogP contribution in [0, 0.1) is 11.7 Å². The number of benzene rings is 1. The average molecular weight is 590 g/mol. The summed E-state index contributed by atoms with van der Waals surface area (Å²) < 4.78 is 20.8. The summed E-state index contributed by atoms with van der Waals surface area (Å²) in [6.45, 7) is 11.2. The Labute approximate surface area is 249 Å². The van der Waals surface area contributed by atoms with Gasteiger partial charge in [0.25, 0.3) is 0 Å². The molecular weight excluding hydrogens is 541 g/mol. The molecule has 10 nitrogen and oxygen atoms in total. The molecule has 2 aliphatic rings. The summed E-state index contributed by atoms with van der Waals surface area (Å²) in [4.78, 5) is 55.7. The molecule has 1 saturated heterocycles. The zero-order valence-electron chi connectivity index (χ0n) is 26.0. The fourth-order valence-corrected chi connectivity index (χ4v) is 5.56. The van der Waals surface area contributed by atoms with E-state index < -0.39 is 35.0 Å². The van der Waals surface area contributed by atoms with Crippen molar-refractivity contribution in [3.8, 4) is 0 Å². The molecule has 42 heavy (non-hydrogen) atoms. The van der Waals surface area contributed by atoms with Gasteiger partial charge in [-0.05, 0) is 71.2 Å². The SMILES string of the molecule is CCC(=O)N[C@H](Cc1ccc(NC(=O)[C@](C)(NC(=O)OC(C)(C)C)C2CCCCC2)c(F)c1)C(=O)N1CCN(C)CC1. The normalized spacial score (nSPS) is 18.9. The molecule has 2 fully saturated rings. The molecule has 1 aliphatic carbocycles. The van der Waals surface area contributed by atoms with E-state index in [2.05, 4.69) is 20.9 Å². The van der Waals surface area contributed by atoms with Crippen LogP contribution in [0.1, 0.15) is 78.7 Å². The molecule has 1 aromatic carbocycles. The molecule has 1 heterocycles. The second-order valence-electron chi connectivity index (χ2n) is 12.7. The van der Waals surface area contributed by atoms with Gasteiger partial charge in [0.15, 0.2) is 0 Å². The largest absolute Gasteiger partial charge is 0.444 e. The number of halogens is 1. The molecule has 0 aromatic heterocycles. The fraction of sp³-hybridized carbons (Fsp3) is 0.677. The van der Waals surface area contributed by atoms with Gasteiger partial charge in [0.1, 0.15) is 23.0 Å². The van der Waals surface area contributed by atoms with E-state index in [4.69, 9.17) is 4.74 Å².